The topological polar surface area (TPSA) is 112 Å². The Morgan fingerprint density at radius 1 is 1.33 bits per heavy atom. The van der Waals surface area contributed by atoms with Crippen molar-refractivity contribution in [2.24, 2.45) is 0 Å². The van der Waals surface area contributed by atoms with Gasteiger partial charge in [0.2, 0.25) is 0 Å². The molecule has 0 fully saturated rings. The number of aryl methyl sites for hydroxylation is 1. The van der Waals surface area contributed by atoms with E-state index in [1.807, 2.05) is 6.07 Å². The van der Waals surface area contributed by atoms with Crippen LogP contribution in [-0.4, -0.2) is 25.2 Å². The Labute approximate surface area is 165 Å². The minimum Gasteiger partial charge on any atom is -0.482 e. The quantitative estimate of drug-likeness (QED) is 0.698. The first-order chi connectivity index (χ1) is 12.9. The predicted octanol–water partition coefficient (Wildman–Crippen LogP) is 3.46. The Morgan fingerprint density at radius 2 is 2.07 bits per heavy atom. The normalized spacial score (nSPS) is 10.1. The van der Waals surface area contributed by atoms with Crippen molar-refractivity contribution in [3.05, 3.63) is 44.8 Å². The molecule has 0 radical (unpaired) electrons. The van der Waals surface area contributed by atoms with Gasteiger partial charge in [0.05, 0.1) is 12.2 Å². The largest absolute Gasteiger partial charge is 0.482 e. The molecule has 9 heteroatoms. The van der Waals surface area contributed by atoms with Gasteiger partial charge in [0.1, 0.15) is 28.3 Å². The summed E-state index contributed by atoms with van der Waals surface area (Å²) in [5, 5.41) is 9.97. The van der Waals surface area contributed by atoms with Crippen molar-refractivity contribution in [1.82, 2.24) is 0 Å². The van der Waals surface area contributed by atoms with E-state index in [1.54, 1.807) is 32.0 Å². The lowest BCUT2D eigenvalue weighted by atomic mass is 10.1. The summed E-state index contributed by atoms with van der Waals surface area (Å²) in [6.45, 7) is 3.01. The highest BCUT2D eigenvalue weighted by atomic mass is 35.5. The standard InChI is InChI=1S/C18H17ClN2O5S/c1-3-24-18(23)16-13(12(7-20)17(21)27-16)8-26-15(22)9-25-14-5-4-11(19)6-10(14)2/h4-6H,3,8-9,21H2,1-2H3. The molecule has 27 heavy (non-hydrogen) atoms. The lowest BCUT2D eigenvalue weighted by Gasteiger charge is -2.10. The van der Waals surface area contributed by atoms with Crippen LogP contribution in [0.5, 0.6) is 5.75 Å². The van der Waals surface area contributed by atoms with Crippen molar-refractivity contribution in [2.45, 2.75) is 20.5 Å². The van der Waals surface area contributed by atoms with Crippen LogP contribution in [0.3, 0.4) is 0 Å². The zero-order valence-electron chi connectivity index (χ0n) is 14.7. The van der Waals surface area contributed by atoms with Gasteiger partial charge in [0.25, 0.3) is 0 Å². The number of carbonyl (C=O) groups excluding carboxylic acids is 2. The average molecular weight is 409 g/mol. The van der Waals surface area contributed by atoms with E-state index in [2.05, 4.69) is 0 Å². The van der Waals surface area contributed by atoms with Gasteiger partial charge in [-0.2, -0.15) is 5.26 Å². The van der Waals surface area contributed by atoms with Gasteiger partial charge in [0, 0.05) is 10.6 Å². The second-order valence-corrected chi connectivity index (χ2v) is 6.83. The number of nitrogens with two attached hydrogens (primary N) is 1. The van der Waals surface area contributed by atoms with Gasteiger partial charge in [-0.05, 0) is 37.6 Å². The van der Waals surface area contributed by atoms with Gasteiger partial charge in [-0.1, -0.05) is 11.6 Å². The SMILES string of the molecule is CCOC(=O)c1sc(N)c(C#N)c1COC(=O)COc1ccc(Cl)cc1C. The van der Waals surface area contributed by atoms with E-state index >= 15 is 0 Å². The number of halogens is 1. The Kier molecular flexibility index (Phi) is 7.05. The first-order valence-corrected chi connectivity index (χ1v) is 9.09. The summed E-state index contributed by atoms with van der Waals surface area (Å²) in [4.78, 5) is 24.1. The Morgan fingerprint density at radius 3 is 2.70 bits per heavy atom. The van der Waals surface area contributed by atoms with Gasteiger partial charge in [-0.15, -0.1) is 11.3 Å². The number of thiophene rings is 1. The fraction of sp³-hybridized carbons (Fsp3) is 0.278. The van der Waals surface area contributed by atoms with Crippen LogP contribution >= 0.6 is 22.9 Å². The van der Waals surface area contributed by atoms with Gasteiger partial charge >= 0.3 is 11.9 Å². The summed E-state index contributed by atoms with van der Waals surface area (Å²) < 4.78 is 15.5. The molecule has 0 saturated carbocycles. The molecule has 0 atom stereocenters. The minimum atomic E-state index is -0.659. The number of hydrogen-bond acceptors (Lipinski definition) is 8. The summed E-state index contributed by atoms with van der Waals surface area (Å²) in [5.74, 6) is -0.774. The van der Waals surface area contributed by atoms with E-state index in [9.17, 15) is 14.9 Å². The summed E-state index contributed by atoms with van der Waals surface area (Å²) in [7, 11) is 0. The van der Waals surface area contributed by atoms with Gasteiger partial charge < -0.3 is 19.9 Å². The molecule has 2 rings (SSSR count). The summed E-state index contributed by atoms with van der Waals surface area (Å²) >= 11 is 6.79. The van der Waals surface area contributed by atoms with E-state index < -0.39 is 11.9 Å². The zero-order chi connectivity index (χ0) is 20.0. The van der Waals surface area contributed by atoms with E-state index in [-0.39, 0.29) is 40.8 Å². The maximum atomic E-state index is 12.0. The molecule has 0 unspecified atom stereocenters. The molecular weight excluding hydrogens is 392 g/mol. The maximum absolute atomic E-state index is 12.0. The van der Waals surface area contributed by atoms with Crippen LogP contribution in [0.15, 0.2) is 18.2 Å². The van der Waals surface area contributed by atoms with Crippen molar-refractivity contribution < 1.29 is 23.8 Å². The van der Waals surface area contributed by atoms with Crippen molar-refractivity contribution in [3.63, 3.8) is 0 Å². The van der Waals surface area contributed by atoms with Gasteiger partial charge in [-0.25, -0.2) is 9.59 Å². The lowest BCUT2D eigenvalue weighted by Crippen LogP contribution is -2.16. The van der Waals surface area contributed by atoms with Gasteiger partial charge in [0.15, 0.2) is 6.61 Å². The van der Waals surface area contributed by atoms with Crippen LogP contribution < -0.4 is 10.5 Å². The van der Waals surface area contributed by atoms with Crippen LogP contribution in [-0.2, 0) is 20.9 Å². The molecule has 0 amide bonds. The molecule has 0 bridgehead atoms. The van der Waals surface area contributed by atoms with Crippen LogP contribution in [0, 0.1) is 18.3 Å². The fourth-order valence-corrected chi connectivity index (χ4v) is 3.36. The van der Waals surface area contributed by atoms with Crippen molar-refractivity contribution in [3.8, 4) is 11.8 Å². The highest BCUT2D eigenvalue weighted by molar-refractivity contribution is 7.18. The molecule has 1 aromatic heterocycles. The second kappa shape index (κ2) is 9.26. The molecule has 0 aliphatic rings. The highest BCUT2D eigenvalue weighted by Gasteiger charge is 2.24. The predicted molar refractivity (Wildman–Crippen MR) is 101 cm³/mol. The molecule has 0 aliphatic carbocycles. The Balaban J connectivity index is 2.04. The molecule has 2 aromatic rings. The smallest absolute Gasteiger partial charge is 0.348 e. The number of nitriles is 1. The molecule has 1 aromatic carbocycles. The van der Waals surface area contributed by atoms with Gasteiger partial charge in [-0.3, -0.25) is 0 Å². The van der Waals surface area contributed by atoms with E-state index in [0.717, 1.165) is 16.9 Å². The molecule has 2 N–H and O–H groups in total. The molecular formula is C18H17ClN2O5S. The monoisotopic (exact) mass is 408 g/mol. The third kappa shape index (κ3) is 5.12. The summed E-state index contributed by atoms with van der Waals surface area (Å²) in [5.41, 5.74) is 6.88. The molecule has 0 spiro atoms. The Hall–Kier alpha value is -2.76. The third-order valence-electron chi connectivity index (χ3n) is 3.47. The first kappa shape index (κ1) is 20.6. The van der Waals surface area contributed by atoms with Crippen LogP contribution in [0.4, 0.5) is 5.00 Å². The molecule has 0 saturated heterocycles. The van der Waals surface area contributed by atoms with Crippen molar-refractivity contribution >= 4 is 39.9 Å². The number of carbonyl (C=O) groups is 2. The van der Waals surface area contributed by atoms with E-state index in [0.29, 0.717) is 10.8 Å². The number of benzene rings is 1. The highest BCUT2D eigenvalue weighted by Crippen LogP contribution is 2.32. The maximum Gasteiger partial charge on any atom is 0.348 e. The Bertz CT molecular complexity index is 904. The molecule has 142 valence electrons. The van der Waals surface area contributed by atoms with E-state index in [1.165, 1.54) is 0 Å². The number of rotatable bonds is 7. The van der Waals surface area contributed by atoms with Crippen molar-refractivity contribution in [2.75, 3.05) is 18.9 Å². The molecule has 0 aliphatic heterocycles. The lowest BCUT2D eigenvalue weighted by molar-refractivity contribution is -0.147. The van der Waals surface area contributed by atoms with E-state index in [4.69, 9.17) is 31.5 Å². The summed E-state index contributed by atoms with van der Waals surface area (Å²) in [6, 6.07) is 6.92. The number of anilines is 1. The van der Waals surface area contributed by atoms with Crippen LogP contribution in [0.2, 0.25) is 5.02 Å². The number of nitrogen functional groups attached to an aromatic ring is 1. The number of esters is 2. The fourth-order valence-electron chi connectivity index (χ4n) is 2.21. The third-order valence-corrected chi connectivity index (χ3v) is 4.74. The average Bonchev–Trinajstić information content (AvgIpc) is 2.95. The number of nitrogens with zero attached hydrogens (tertiary/aromatic N) is 1. The van der Waals surface area contributed by atoms with Crippen LogP contribution in [0.1, 0.15) is 33.3 Å². The zero-order valence-corrected chi connectivity index (χ0v) is 16.3. The molecule has 7 nitrogen and oxygen atoms in total. The van der Waals surface area contributed by atoms with Crippen molar-refractivity contribution in [1.29, 1.82) is 5.26 Å². The number of ether oxygens (including phenoxy) is 3. The second-order valence-electron chi connectivity index (χ2n) is 5.34. The summed E-state index contributed by atoms with van der Waals surface area (Å²) in [6.07, 6.45) is 0. The minimum absolute atomic E-state index is 0.102. The first-order valence-electron chi connectivity index (χ1n) is 7.90. The molecule has 1 heterocycles. The van der Waals surface area contributed by atoms with Crippen LogP contribution in [0.25, 0.3) is 0 Å². The number of hydrogen-bond donors (Lipinski definition) is 1.